The molecule has 1 heterocycles. The molecule has 0 spiro atoms. The fraction of sp³-hybridized carbons (Fsp3) is 0.444. The molecule has 1 aromatic heterocycles. The van der Waals surface area contributed by atoms with Gasteiger partial charge in [-0.1, -0.05) is 29.8 Å². The van der Waals surface area contributed by atoms with Crippen molar-refractivity contribution in [2.75, 3.05) is 0 Å². The molecule has 2 atom stereocenters. The normalized spacial score (nSPS) is 14.8. The van der Waals surface area contributed by atoms with Gasteiger partial charge < -0.3 is 0 Å². The number of aromatic nitrogens is 1. The Kier molecular flexibility index (Phi) is 3.57. The van der Waals surface area contributed by atoms with Crippen molar-refractivity contribution in [3.63, 3.8) is 0 Å². The fourth-order valence-corrected chi connectivity index (χ4v) is 1.47. The molecule has 0 aliphatic rings. The molecule has 4 nitrogen and oxygen atoms in total. The molecule has 1 rings (SSSR count). The Morgan fingerprint density at radius 3 is 2.71 bits per heavy atom. The van der Waals surface area contributed by atoms with E-state index in [2.05, 4.69) is 20.9 Å². The van der Waals surface area contributed by atoms with Gasteiger partial charge in [-0.3, -0.25) is 15.1 Å². The number of nitrogens with zero attached hydrogens (tertiary/aromatic N) is 2. The zero-order valence-electron chi connectivity index (χ0n) is 7.98. The summed E-state index contributed by atoms with van der Waals surface area (Å²) in [6.45, 7) is 3.91. The minimum atomic E-state index is -0.395. The van der Waals surface area contributed by atoms with E-state index in [-0.39, 0.29) is 16.4 Å². The van der Waals surface area contributed by atoms with Gasteiger partial charge in [0.1, 0.15) is 6.20 Å². The van der Waals surface area contributed by atoms with Crippen LogP contribution in [0.4, 0.5) is 5.69 Å². The summed E-state index contributed by atoms with van der Waals surface area (Å²) in [5.74, 6) is 0.0957. The van der Waals surface area contributed by atoms with Gasteiger partial charge in [-0.15, -0.1) is 0 Å². The van der Waals surface area contributed by atoms with Crippen molar-refractivity contribution in [3.05, 3.63) is 34.1 Å². The first-order chi connectivity index (χ1) is 6.54. The van der Waals surface area contributed by atoms with Crippen molar-refractivity contribution in [1.82, 2.24) is 4.98 Å². The van der Waals surface area contributed by atoms with E-state index in [0.717, 1.165) is 5.56 Å². The summed E-state index contributed by atoms with van der Waals surface area (Å²) in [5, 5.41) is 10.7. The van der Waals surface area contributed by atoms with E-state index < -0.39 is 4.92 Å². The second kappa shape index (κ2) is 4.50. The average Bonchev–Trinajstić information content (AvgIpc) is 2.16. The first-order valence-electron chi connectivity index (χ1n) is 4.26. The SMILES string of the molecule is CC(Br)C(C)c1ccncc1[N+](=O)[O-]. The van der Waals surface area contributed by atoms with Crippen LogP contribution < -0.4 is 0 Å². The van der Waals surface area contributed by atoms with E-state index in [9.17, 15) is 10.1 Å². The number of nitro groups is 1. The molecule has 5 heteroatoms. The van der Waals surface area contributed by atoms with Crippen LogP contribution in [0.15, 0.2) is 18.5 Å². The van der Waals surface area contributed by atoms with Crippen LogP contribution in [0.1, 0.15) is 25.3 Å². The Labute approximate surface area is 90.6 Å². The van der Waals surface area contributed by atoms with Crippen LogP contribution in [-0.4, -0.2) is 14.7 Å². The molecule has 0 amide bonds. The van der Waals surface area contributed by atoms with Crippen LogP contribution in [-0.2, 0) is 0 Å². The van der Waals surface area contributed by atoms with Crippen molar-refractivity contribution in [1.29, 1.82) is 0 Å². The fourth-order valence-electron chi connectivity index (χ4n) is 1.18. The van der Waals surface area contributed by atoms with Gasteiger partial charge in [0.2, 0.25) is 0 Å². The van der Waals surface area contributed by atoms with Crippen LogP contribution in [0, 0.1) is 10.1 Å². The molecule has 0 aliphatic carbocycles. The quantitative estimate of drug-likeness (QED) is 0.476. The molecule has 76 valence electrons. The molecule has 0 saturated carbocycles. The maximum atomic E-state index is 10.7. The highest BCUT2D eigenvalue weighted by atomic mass is 79.9. The van der Waals surface area contributed by atoms with Crippen molar-refractivity contribution in [2.24, 2.45) is 0 Å². The van der Waals surface area contributed by atoms with Crippen LogP contribution in [0.3, 0.4) is 0 Å². The molecular formula is C9H11BrN2O2. The van der Waals surface area contributed by atoms with E-state index in [1.807, 2.05) is 13.8 Å². The van der Waals surface area contributed by atoms with Crippen molar-refractivity contribution in [3.8, 4) is 0 Å². The molecule has 0 bridgehead atoms. The van der Waals surface area contributed by atoms with Crippen LogP contribution in [0.25, 0.3) is 0 Å². The zero-order chi connectivity index (χ0) is 10.7. The molecule has 0 fully saturated rings. The summed E-state index contributed by atoms with van der Waals surface area (Å²) in [7, 11) is 0. The van der Waals surface area contributed by atoms with Gasteiger partial charge in [-0.2, -0.15) is 0 Å². The zero-order valence-corrected chi connectivity index (χ0v) is 9.56. The monoisotopic (exact) mass is 258 g/mol. The van der Waals surface area contributed by atoms with E-state index in [1.165, 1.54) is 6.20 Å². The summed E-state index contributed by atoms with van der Waals surface area (Å²) in [6.07, 6.45) is 2.87. The summed E-state index contributed by atoms with van der Waals surface area (Å²) < 4.78 is 0. The maximum Gasteiger partial charge on any atom is 0.291 e. The van der Waals surface area contributed by atoms with Gasteiger partial charge >= 0.3 is 0 Å². The summed E-state index contributed by atoms with van der Waals surface area (Å²) in [6, 6.07) is 1.69. The average molecular weight is 259 g/mol. The number of alkyl halides is 1. The Bertz CT molecular complexity index is 341. The number of pyridine rings is 1. The maximum absolute atomic E-state index is 10.7. The van der Waals surface area contributed by atoms with E-state index in [4.69, 9.17) is 0 Å². The molecule has 0 radical (unpaired) electrons. The van der Waals surface area contributed by atoms with Gasteiger partial charge in [0, 0.05) is 22.5 Å². The Balaban J connectivity index is 3.13. The molecule has 0 aliphatic heterocycles. The van der Waals surface area contributed by atoms with Crippen LogP contribution >= 0.6 is 15.9 Å². The highest BCUT2D eigenvalue weighted by Crippen LogP contribution is 2.30. The van der Waals surface area contributed by atoms with Gasteiger partial charge in [-0.05, 0) is 6.07 Å². The topological polar surface area (TPSA) is 56.0 Å². The summed E-state index contributed by atoms with van der Waals surface area (Å²) >= 11 is 3.42. The summed E-state index contributed by atoms with van der Waals surface area (Å²) in [5.41, 5.74) is 0.806. The molecular weight excluding hydrogens is 248 g/mol. The molecule has 14 heavy (non-hydrogen) atoms. The van der Waals surface area contributed by atoms with Crippen LogP contribution in [0.5, 0.6) is 0 Å². The highest BCUT2D eigenvalue weighted by Gasteiger charge is 2.21. The number of rotatable bonds is 3. The molecule has 1 aromatic rings. The minimum Gasteiger partial charge on any atom is -0.258 e. The van der Waals surface area contributed by atoms with Crippen molar-refractivity contribution in [2.45, 2.75) is 24.6 Å². The predicted molar refractivity (Wildman–Crippen MR) is 57.7 cm³/mol. The van der Waals surface area contributed by atoms with Crippen molar-refractivity contribution < 1.29 is 4.92 Å². The Morgan fingerprint density at radius 2 is 2.21 bits per heavy atom. The highest BCUT2D eigenvalue weighted by molar-refractivity contribution is 9.09. The predicted octanol–water partition coefficient (Wildman–Crippen LogP) is 2.88. The number of halogens is 1. The minimum absolute atomic E-state index is 0.0892. The van der Waals surface area contributed by atoms with E-state index in [1.54, 1.807) is 12.3 Å². The smallest absolute Gasteiger partial charge is 0.258 e. The Hall–Kier alpha value is -0.970. The lowest BCUT2D eigenvalue weighted by molar-refractivity contribution is -0.386. The number of hydrogen-bond donors (Lipinski definition) is 0. The van der Waals surface area contributed by atoms with E-state index in [0.29, 0.717) is 0 Å². The van der Waals surface area contributed by atoms with Crippen LogP contribution in [0.2, 0.25) is 0 Å². The lowest BCUT2D eigenvalue weighted by Gasteiger charge is -2.13. The lowest BCUT2D eigenvalue weighted by Crippen LogP contribution is -2.07. The molecule has 0 N–H and O–H groups in total. The van der Waals surface area contributed by atoms with Gasteiger partial charge in [0.25, 0.3) is 5.69 Å². The van der Waals surface area contributed by atoms with E-state index >= 15 is 0 Å². The van der Waals surface area contributed by atoms with Gasteiger partial charge in [0.05, 0.1) is 4.92 Å². The third-order valence-electron chi connectivity index (χ3n) is 2.21. The van der Waals surface area contributed by atoms with Gasteiger partial charge in [-0.25, -0.2) is 0 Å². The third kappa shape index (κ3) is 2.29. The second-order valence-corrected chi connectivity index (χ2v) is 4.60. The standard InChI is InChI=1S/C9H11BrN2O2/c1-6(7(2)10)8-3-4-11-5-9(8)12(13)14/h3-7H,1-2H3. The number of hydrogen-bond acceptors (Lipinski definition) is 3. The van der Waals surface area contributed by atoms with Gasteiger partial charge in [0.15, 0.2) is 0 Å². The first-order valence-corrected chi connectivity index (χ1v) is 5.18. The van der Waals surface area contributed by atoms with Crippen molar-refractivity contribution >= 4 is 21.6 Å². The largest absolute Gasteiger partial charge is 0.291 e. The third-order valence-corrected chi connectivity index (χ3v) is 3.00. The Morgan fingerprint density at radius 1 is 1.57 bits per heavy atom. The molecule has 0 saturated heterocycles. The second-order valence-electron chi connectivity index (χ2n) is 3.16. The molecule has 2 unspecified atom stereocenters. The first kappa shape index (κ1) is 11.1. The molecule has 0 aromatic carbocycles. The summed E-state index contributed by atoms with van der Waals surface area (Å²) in [4.78, 5) is 14.3. The lowest BCUT2D eigenvalue weighted by atomic mass is 9.98.